The standard InChI is InChI=1S/C25H23FN4O2S.C2H2O4/c26-21-4-1-3-19(15-21)17-33-25-28-22-5-2-10-27-23(22)30(25)16-18-6-8-20(9-7-18)24(31)29-11-13-32-14-12-29;3-1(4)2(5)6/h1-10,15H,11-14,16-17H2;(H,3,4)(H,5,6). The van der Waals surface area contributed by atoms with Crippen molar-refractivity contribution in [2.24, 2.45) is 0 Å². The van der Waals surface area contributed by atoms with Crippen LogP contribution < -0.4 is 0 Å². The minimum atomic E-state index is -1.82. The summed E-state index contributed by atoms with van der Waals surface area (Å²) in [7, 11) is 0. The van der Waals surface area contributed by atoms with Crippen LogP contribution in [0.25, 0.3) is 11.2 Å². The van der Waals surface area contributed by atoms with E-state index < -0.39 is 11.9 Å². The fourth-order valence-corrected chi connectivity index (χ4v) is 4.79. The first kappa shape index (κ1) is 27.7. The summed E-state index contributed by atoms with van der Waals surface area (Å²) >= 11 is 1.55. The summed E-state index contributed by atoms with van der Waals surface area (Å²) in [5.41, 5.74) is 4.24. The predicted octanol–water partition coefficient (Wildman–Crippen LogP) is 3.54. The molecule has 5 rings (SSSR count). The highest BCUT2D eigenvalue weighted by Gasteiger charge is 2.19. The number of pyridine rings is 1. The number of aliphatic carboxylic acids is 2. The summed E-state index contributed by atoms with van der Waals surface area (Å²) in [6.07, 6.45) is 1.76. The number of aromatic nitrogens is 3. The third-order valence-electron chi connectivity index (χ3n) is 5.75. The van der Waals surface area contributed by atoms with Crippen molar-refractivity contribution in [2.45, 2.75) is 17.5 Å². The lowest BCUT2D eigenvalue weighted by molar-refractivity contribution is -0.159. The van der Waals surface area contributed by atoms with Gasteiger partial charge in [-0.25, -0.2) is 23.9 Å². The van der Waals surface area contributed by atoms with Gasteiger partial charge in [-0.3, -0.25) is 9.36 Å². The molecule has 0 atom stereocenters. The molecule has 10 nitrogen and oxygen atoms in total. The average Bonchev–Trinajstić information content (AvgIpc) is 3.30. The Balaban J connectivity index is 0.000000531. The highest BCUT2D eigenvalue weighted by molar-refractivity contribution is 7.98. The second kappa shape index (κ2) is 13.0. The molecular weight excluding hydrogens is 527 g/mol. The van der Waals surface area contributed by atoms with Gasteiger partial charge in [0.1, 0.15) is 11.3 Å². The lowest BCUT2D eigenvalue weighted by Gasteiger charge is -2.26. The van der Waals surface area contributed by atoms with Crippen LogP contribution in [0.1, 0.15) is 21.5 Å². The fourth-order valence-electron chi connectivity index (χ4n) is 3.85. The van der Waals surface area contributed by atoms with Gasteiger partial charge in [0, 0.05) is 30.6 Å². The van der Waals surface area contributed by atoms with Crippen LogP contribution in [0.2, 0.25) is 0 Å². The zero-order valence-corrected chi connectivity index (χ0v) is 21.5. The Hall–Kier alpha value is -4.29. The Morgan fingerprint density at radius 3 is 2.33 bits per heavy atom. The monoisotopic (exact) mass is 552 g/mol. The minimum Gasteiger partial charge on any atom is -0.473 e. The van der Waals surface area contributed by atoms with E-state index in [9.17, 15) is 9.18 Å². The summed E-state index contributed by atoms with van der Waals surface area (Å²) in [5.74, 6) is -3.25. The Morgan fingerprint density at radius 1 is 0.949 bits per heavy atom. The molecule has 12 heteroatoms. The molecule has 0 radical (unpaired) electrons. The number of carbonyl (C=O) groups excluding carboxylic acids is 1. The molecule has 2 aromatic heterocycles. The lowest BCUT2D eigenvalue weighted by Crippen LogP contribution is -2.40. The van der Waals surface area contributed by atoms with Gasteiger partial charge in [-0.05, 0) is 47.5 Å². The first-order valence-electron chi connectivity index (χ1n) is 11.9. The van der Waals surface area contributed by atoms with Crippen LogP contribution in [0.5, 0.6) is 0 Å². The molecule has 0 bridgehead atoms. The first-order valence-corrected chi connectivity index (χ1v) is 12.9. The third-order valence-corrected chi connectivity index (χ3v) is 6.80. The van der Waals surface area contributed by atoms with Crippen molar-refractivity contribution in [3.05, 3.63) is 89.4 Å². The van der Waals surface area contributed by atoms with E-state index in [-0.39, 0.29) is 11.7 Å². The van der Waals surface area contributed by atoms with E-state index in [2.05, 4.69) is 9.55 Å². The van der Waals surface area contributed by atoms with E-state index in [1.807, 2.05) is 47.4 Å². The number of amides is 1. The van der Waals surface area contributed by atoms with E-state index in [0.717, 1.165) is 27.4 Å². The second-order valence-corrected chi connectivity index (χ2v) is 9.40. The molecule has 1 aliphatic heterocycles. The number of morpholine rings is 1. The van der Waals surface area contributed by atoms with Gasteiger partial charge < -0.3 is 19.8 Å². The first-order chi connectivity index (χ1) is 18.8. The number of benzene rings is 2. The Morgan fingerprint density at radius 2 is 1.67 bits per heavy atom. The molecule has 1 amide bonds. The molecule has 0 spiro atoms. The van der Waals surface area contributed by atoms with E-state index in [4.69, 9.17) is 29.5 Å². The van der Waals surface area contributed by atoms with Crippen molar-refractivity contribution in [3.8, 4) is 0 Å². The number of ether oxygens (including phenoxy) is 1. The molecule has 0 aliphatic carbocycles. The van der Waals surface area contributed by atoms with Gasteiger partial charge in [0.25, 0.3) is 5.91 Å². The molecule has 2 N–H and O–H groups in total. The maximum atomic E-state index is 13.6. The molecule has 1 aliphatic rings. The van der Waals surface area contributed by atoms with E-state index in [0.29, 0.717) is 44.2 Å². The highest BCUT2D eigenvalue weighted by Crippen LogP contribution is 2.27. The number of imidazole rings is 1. The van der Waals surface area contributed by atoms with Crippen molar-refractivity contribution < 1.29 is 33.7 Å². The summed E-state index contributed by atoms with van der Waals surface area (Å²) in [6, 6.07) is 18.1. The largest absolute Gasteiger partial charge is 0.473 e. The van der Waals surface area contributed by atoms with Crippen LogP contribution in [-0.4, -0.2) is 73.8 Å². The van der Waals surface area contributed by atoms with Crippen molar-refractivity contribution in [3.63, 3.8) is 0 Å². The number of carboxylic acid groups (broad SMARTS) is 2. The molecule has 39 heavy (non-hydrogen) atoms. The van der Waals surface area contributed by atoms with E-state index >= 15 is 0 Å². The molecular formula is C27H25FN4O6S. The number of nitrogens with zero attached hydrogens (tertiary/aromatic N) is 4. The maximum absolute atomic E-state index is 13.6. The normalized spacial score (nSPS) is 13.0. The van der Waals surface area contributed by atoms with Crippen molar-refractivity contribution in [1.82, 2.24) is 19.4 Å². The zero-order chi connectivity index (χ0) is 27.8. The molecule has 202 valence electrons. The van der Waals surface area contributed by atoms with Crippen LogP contribution >= 0.6 is 11.8 Å². The van der Waals surface area contributed by atoms with Gasteiger partial charge in [0.05, 0.1) is 19.8 Å². The van der Waals surface area contributed by atoms with Crippen molar-refractivity contribution in [2.75, 3.05) is 26.3 Å². The van der Waals surface area contributed by atoms with Crippen LogP contribution in [0.3, 0.4) is 0 Å². The van der Waals surface area contributed by atoms with Gasteiger partial charge in [0.2, 0.25) is 0 Å². The summed E-state index contributed by atoms with van der Waals surface area (Å²) in [5, 5.41) is 15.6. The predicted molar refractivity (Wildman–Crippen MR) is 141 cm³/mol. The lowest BCUT2D eigenvalue weighted by atomic mass is 10.1. The Bertz CT molecular complexity index is 1460. The number of carboxylic acids is 2. The van der Waals surface area contributed by atoms with E-state index in [1.54, 1.807) is 30.1 Å². The van der Waals surface area contributed by atoms with Gasteiger partial charge in [-0.15, -0.1) is 0 Å². The molecule has 0 saturated carbocycles. The average molecular weight is 553 g/mol. The zero-order valence-electron chi connectivity index (χ0n) is 20.7. The molecule has 4 aromatic rings. The minimum absolute atomic E-state index is 0.0333. The van der Waals surface area contributed by atoms with Crippen LogP contribution in [0.15, 0.2) is 72.0 Å². The number of hydrogen-bond acceptors (Lipinski definition) is 7. The summed E-state index contributed by atoms with van der Waals surface area (Å²) in [4.78, 5) is 42.0. The van der Waals surface area contributed by atoms with Gasteiger partial charge >= 0.3 is 11.9 Å². The molecule has 2 aromatic carbocycles. The van der Waals surface area contributed by atoms with Crippen LogP contribution in [-0.2, 0) is 26.6 Å². The Labute approximate surface area is 227 Å². The number of rotatable bonds is 6. The number of carbonyl (C=O) groups is 3. The number of halogens is 1. The number of fused-ring (bicyclic) bond motifs is 1. The molecule has 1 saturated heterocycles. The topological polar surface area (TPSA) is 135 Å². The molecule has 1 fully saturated rings. The SMILES string of the molecule is O=C(O)C(=O)O.O=C(c1ccc(Cn2c(SCc3cccc(F)c3)nc3cccnc32)cc1)N1CCOCC1. The van der Waals surface area contributed by atoms with Gasteiger partial charge in [-0.1, -0.05) is 36.0 Å². The van der Waals surface area contributed by atoms with E-state index in [1.165, 1.54) is 6.07 Å². The summed E-state index contributed by atoms with van der Waals surface area (Å²) in [6.45, 7) is 2.99. The number of thioether (sulfide) groups is 1. The Kier molecular flexibility index (Phi) is 9.23. The van der Waals surface area contributed by atoms with Gasteiger partial charge in [0.15, 0.2) is 10.8 Å². The molecule has 0 unspecified atom stereocenters. The third kappa shape index (κ3) is 7.39. The van der Waals surface area contributed by atoms with Crippen molar-refractivity contribution >= 4 is 40.8 Å². The smallest absolute Gasteiger partial charge is 0.414 e. The molecule has 3 heterocycles. The van der Waals surface area contributed by atoms with Crippen LogP contribution in [0.4, 0.5) is 4.39 Å². The van der Waals surface area contributed by atoms with Crippen molar-refractivity contribution in [1.29, 1.82) is 0 Å². The second-order valence-electron chi connectivity index (χ2n) is 8.46. The maximum Gasteiger partial charge on any atom is 0.414 e. The summed E-state index contributed by atoms with van der Waals surface area (Å²) < 4.78 is 21.0. The highest BCUT2D eigenvalue weighted by atomic mass is 32.2. The van der Waals surface area contributed by atoms with Crippen LogP contribution in [0, 0.1) is 5.82 Å². The quantitative estimate of drug-likeness (QED) is 0.272. The number of hydrogen-bond donors (Lipinski definition) is 2. The fraction of sp³-hybridized carbons (Fsp3) is 0.222. The van der Waals surface area contributed by atoms with Gasteiger partial charge in [-0.2, -0.15) is 0 Å².